The van der Waals surface area contributed by atoms with Crippen LogP contribution in [0.25, 0.3) is 0 Å². The number of nitrogens with one attached hydrogen (secondary N) is 1. The van der Waals surface area contributed by atoms with Crippen LogP contribution in [0.2, 0.25) is 0 Å². The van der Waals surface area contributed by atoms with Crippen LogP contribution < -0.4 is 10.1 Å². The van der Waals surface area contributed by atoms with E-state index in [0.717, 1.165) is 11.6 Å². The molecule has 0 saturated heterocycles. The number of hydrogen-bond donors (Lipinski definition) is 1. The molecule has 0 fully saturated rings. The topological polar surface area (TPSA) is 45.0 Å². The molecule has 0 aromatic heterocycles. The van der Waals surface area contributed by atoms with Gasteiger partial charge in [0.05, 0.1) is 11.6 Å². The predicted molar refractivity (Wildman–Crippen MR) is 76.3 cm³/mol. The lowest BCUT2D eigenvalue weighted by molar-refractivity contribution is -0.274. The summed E-state index contributed by atoms with van der Waals surface area (Å²) in [5.41, 5.74) is 1.99. The maximum atomic E-state index is 13.1. The lowest BCUT2D eigenvalue weighted by atomic mass is 10.1. The van der Waals surface area contributed by atoms with Gasteiger partial charge in [0, 0.05) is 23.9 Å². The van der Waals surface area contributed by atoms with Gasteiger partial charge in [-0.05, 0) is 30.7 Å². The van der Waals surface area contributed by atoms with E-state index in [4.69, 9.17) is 5.26 Å². The highest BCUT2D eigenvalue weighted by atomic mass is 19.4. The van der Waals surface area contributed by atoms with Crippen molar-refractivity contribution in [3.05, 3.63) is 58.9 Å². The highest BCUT2D eigenvalue weighted by Gasteiger charge is 2.32. The van der Waals surface area contributed by atoms with Crippen LogP contribution >= 0.6 is 0 Å². The molecule has 0 amide bonds. The summed E-state index contributed by atoms with van der Waals surface area (Å²) in [6, 6.07) is 9.88. The van der Waals surface area contributed by atoms with Crippen LogP contribution in [0.15, 0.2) is 36.4 Å². The number of aryl methyl sites for hydroxylation is 1. The number of halogens is 4. The van der Waals surface area contributed by atoms with Crippen molar-refractivity contribution in [2.45, 2.75) is 19.8 Å². The summed E-state index contributed by atoms with van der Waals surface area (Å²) >= 11 is 0. The van der Waals surface area contributed by atoms with Crippen LogP contribution in [0, 0.1) is 24.1 Å². The third-order valence-electron chi connectivity index (χ3n) is 3.09. The lowest BCUT2D eigenvalue weighted by Gasteiger charge is -2.15. The Morgan fingerprint density at radius 1 is 1.17 bits per heavy atom. The molecule has 0 radical (unpaired) electrons. The van der Waals surface area contributed by atoms with Crippen molar-refractivity contribution in [2.75, 3.05) is 5.32 Å². The third-order valence-corrected chi connectivity index (χ3v) is 3.09. The summed E-state index contributed by atoms with van der Waals surface area (Å²) in [6.45, 7) is 1.78. The van der Waals surface area contributed by atoms with E-state index in [-0.39, 0.29) is 12.1 Å². The first-order chi connectivity index (χ1) is 10.8. The number of ether oxygens (including phenoxy) is 1. The van der Waals surface area contributed by atoms with Crippen LogP contribution in [-0.2, 0) is 6.54 Å². The minimum Gasteiger partial charge on any atom is -0.405 e. The van der Waals surface area contributed by atoms with Crippen molar-refractivity contribution < 1.29 is 22.3 Å². The summed E-state index contributed by atoms with van der Waals surface area (Å²) in [6.07, 6.45) is -4.90. The molecule has 0 bridgehead atoms. The number of benzene rings is 2. The van der Waals surface area contributed by atoms with Gasteiger partial charge in [0.1, 0.15) is 11.6 Å². The molecule has 0 heterocycles. The van der Waals surface area contributed by atoms with Gasteiger partial charge in [0.2, 0.25) is 0 Å². The molecule has 0 aliphatic heterocycles. The highest BCUT2D eigenvalue weighted by molar-refractivity contribution is 5.55. The summed E-state index contributed by atoms with van der Waals surface area (Å²) in [5.74, 6) is -1.42. The van der Waals surface area contributed by atoms with E-state index in [1.807, 2.05) is 6.07 Å². The van der Waals surface area contributed by atoms with Gasteiger partial charge >= 0.3 is 6.36 Å². The largest absolute Gasteiger partial charge is 0.573 e. The molecule has 0 aliphatic carbocycles. The second-order valence-electron chi connectivity index (χ2n) is 4.79. The minimum atomic E-state index is -4.90. The van der Waals surface area contributed by atoms with Gasteiger partial charge in [-0.1, -0.05) is 12.1 Å². The van der Waals surface area contributed by atoms with Crippen molar-refractivity contribution in [3.8, 4) is 11.8 Å². The molecule has 1 N–H and O–H groups in total. The van der Waals surface area contributed by atoms with Gasteiger partial charge in [-0.25, -0.2) is 4.39 Å². The van der Waals surface area contributed by atoms with Crippen molar-refractivity contribution in [1.82, 2.24) is 0 Å². The van der Waals surface area contributed by atoms with Crippen LogP contribution in [0.4, 0.5) is 23.2 Å². The Balaban J connectivity index is 2.22. The fourth-order valence-electron chi connectivity index (χ4n) is 1.97. The van der Waals surface area contributed by atoms with Gasteiger partial charge < -0.3 is 10.1 Å². The van der Waals surface area contributed by atoms with Gasteiger partial charge in [-0.15, -0.1) is 13.2 Å². The highest BCUT2D eigenvalue weighted by Crippen LogP contribution is 2.28. The molecule has 7 heteroatoms. The van der Waals surface area contributed by atoms with Crippen molar-refractivity contribution in [2.24, 2.45) is 0 Å². The van der Waals surface area contributed by atoms with E-state index in [0.29, 0.717) is 17.3 Å². The van der Waals surface area contributed by atoms with Crippen LogP contribution in [-0.4, -0.2) is 6.36 Å². The molecule has 3 nitrogen and oxygen atoms in total. The zero-order valence-corrected chi connectivity index (χ0v) is 12.0. The average molecular weight is 324 g/mol. The number of nitriles is 1. The SMILES string of the molecule is Cc1ccc(C#N)cc1NCc1ccc(F)cc1OC(F)(F)F. The molecule has 0 spiro atoms. The van der Waals surface area contributed by atoms with Crippen molar-refractivity contribution in [1.29, 1.82) is 5.26 Å². The minimum absolute atomic E-state index is 0.0125. The monoisotopic (exact) mass is 324 g/mol. The molecule has 0 atom stereocenters. The molecule has 0 saturated carbocycles. The lowest BCUT2D eigenvalue weighted by Crippen LogP contribution is -2.18. The smallest absolute Gasteiger partial charge is 0.405 e. The van der Waals surface area contributed by atoms with E-state index in [1.165, 1.54) is 6.07 Å². The summed E-state index contributed by atoms with van der Waals surface area (Å²) in [4.78, 5) is 0. The number of alkyl halides is 3. The van der Waals surface area contributed by atoms with Crippen molar-refractivity contribution in [3.63, 3.8) is 0 Å². The van der Waals surface area contributed by atoms with E-state index >= 15 is 0 Å². The molecular weight excluding hydrogens is 312 g/mol. The van der Waals surface area contributed by atoms with Gasteiger partial charge in [-0.3, -0.25) is 0 Å². The van der Waals surface area contributed by atoms with E-state index in [9.17, 15) is 17.6 Å². The zero-order chi connectivity index (χ0) is 17.0. The molecule has 2 rings (SSSR count). The molecule has 120 valence electrons. The standard InChI is InChI=1S/C16H12F4N2O/c1-10-2-3-11(8-21)6-14(10)22-9-12-4-5-13(17)7-15(12)23-16(18,19)20/h2-7,22H,9H2,1H3. The molecule has 0 unspecified atom stereocenters. The van der Waals surface area contributed by atoms with E-state index in [1.54, 1.807) is 25.1 Å². The van der Waals surface area contributed by atoms with Crippen LogP contribution in [0.1, 0.15) is 16.7 Å². The average Bonchev–Trinajstić information content (AvgIpc) is 2.46. The fraction of sp³-hybridized carbons (Fsp3) is 0.188. The predicted octanol–water partition coefficient (Wildman–Crippen LogP) is 4.52. The van der Waals surface area contributed by atoms with Gasteiger partial charge in [0.15, 0.2) is 0 Å². The van der Waals surface area contributed by atoms with Crippen molar-refractivity contribution >= 4 is 5.69 Å². The van der Waals surface area contributed by atoms with Gasteiger partial charge in [-0.2, -0.15) is 5.26 Å². The molecule has 2 aromatic carbocycles. The maximum Gasteiger partial charge on any atom is 0.573 e. The molecular formula is C16H12F4N2O. The maximum absolute atomic E-state index is 13.1. The molecule has 0 aliphatic rings. The second-order valence-corrected chi connectivity index (χ2v) is 4.79. The quantitative estimate of drug-likeness (QED) is 0.841. The van der Waals surface area contributed by atoms with Crippen LogP contribution in [0.5, 0.6) is 5.75 Å². The Hall–Kier alpha value is -2.75. The number of hydrogen-bond acceptors (Lipinski definition) is 3. The normalized spacial score (nSPS) is 11.0. The Morgan fingerprint density at radius 3 is 2.57 bits per heavy atom. The number of rotatable bonds is 4. The van der Waals surface area contributed by atoms with Crippen LogP contribution in [0.3, 0.4) is 0 Å². The fourth-order valence-corrected chi connectivity index (χ4v) is 1.97. The first-order valence-corrected chi connectivity index (χ1v) is 6.57. The molecule has 2 aromatic rings. The van der Waals surface area contributed by atoms with E-state index in [2.05, 4.69) is 10.1 Å². The van der Waals surface area contributed by atoms with E-state index < -0.39 is 17.9 Å². The number of anilines is 1. The first-order valence-electron chi connectivity index (χ1n) is 6.57. The summed E-state index contributed by atoms with van der Waals surface area (Å²) < 4.78 is 54.1. The Bertz CT molecular complexity index is 751. The Kier molecular flexibility index (Phi) is 4.74. The van der Waals surface area contributed by atoms with Gasteiger partial charge in [0.25, 0.3) is 0 Å². The first kappa shape index (κ1) is 16.6. The third kappa shape index (κ3) is 4.61. The second kappa shape index (κ2) is 6.57. The summed E-state index contributed by atoms with van der Waals surface area (Å²) in [7, 11) is 0. The Morgan fingerprint density at radius 2 is 1.91 bits per heavy atom. The molecule has 23 heavy (non-hydrogen) atoms. The zero-order valence-electron chi connectivity index (χ0n) is 12.0. The Labute approximate surface area is 130 Å². The summed E-state index contributed by atoms with van der Waals surface area (Å²) in [5, 5.41) is 11.8. The number of nitrogens with zero attached hydrogens (tertiary/aromatic N) is 1.